The van der Waals surface area contributed by atoms with Crippen LogP contribution in [-0.2, 0) is 4.74 Å². The third-order valence-electron chi connectivity index (χ3n) is 4.47. The van der Waals surface area contributed by atoms with Crippen LogP contribution in [0.5, 0.6) is 5.75 Å². The van der Waals surface area contributed by atoms with Gasteiger partial charge in [0.05, 0.1) is 17.6 Å². The molecule has 3 heteroatoms. The molecule has 1 aromatic heterocycles. The number of nitrogens with zero attached hydrogens (tertiary/aromatic N) is 1. The van der Waals surface area contributed by atoms with Crippen molar-refractivity contribution in [3.05, 3.63) is 72.8 Å². The fourth-order valence-electron chi connectivity index (χ4n) is 3.35. The van der Waals surface area contributed by atoms with Crippen LogP contribution in [-0.4, -0.2) is 24.8 Å². The van der Waals surface area contributed by atoms with Gasteiger partial charge in [0, 0.05) is 23.4 Å². The highest BCUT2D eigenvalue weighted by atomic mass is 16.5. The number of fused-ring (bicyclic) bond motifs is 2. The molecule has 3 nitrogen and oxygen atoms in total. The Morgan fingerprint density at radius 2 is 1.38 bits per heavy atom. The highest BCUT2D eigenvalue weighted by Crippen LogP contribution is 2.35. The van der Waals surface area contributed by atoms with E-state index < -0.39 is 0 Å². The summed E-state index contributed by atoms with van der Waals surface area (Å²) < 4.78 is 11.0. The smallest absolute Gasteiger partial charge is 0.119 e. The molecule has 0 fully saturated rings. The summed E-state index contributed by atoms with van der Waals surface area (Å²) in [6, 6.07) is 24.8. The molecule has 0 N–H and O–H groups in total. The van der Waals surface area contributed by atoms with Gasteiger partial charge in [0.25, 0.3) is 0 Å². The normalized spacial score (nSPS) is 12.4. The van der Waals surface area contributed by atoms with Gasteiger partial charge < -0.3 is 9.47 Å². The molecule has 3 aromatic carbocycles. The van der Waals surface area contributed by atoms with Gasteiger partial charge in [0.1, 0.15) is 11.9 Å². The predicted octanol–water partition coefficient (Wildman–Crippen LogP) is 5.47. The van der Waals surface area contributed by atoms with Crippen molar-refractivity contribution in [1.82, 2.24) is 4.98 Å². The van der Waals surface area contributed by atoms with E-state index >= 15 is 0 Å². The second-order valence-corrected chi connectivity index (χ2v) is 6.43. The van der Waals surface area contributed by atoms with Crippen molar-refractivity contribution in [3.8, 4) is 16.9 Å². The van der Waals surface area contributed by atoms with Gasteiger partial charge in [0.15, 0.2) is 0 Å². The first-order valence-corrected chi connectivity index (χ1v) is 8.80. The molecule has 1 atom stereocenters. The number of hydrogen-bond donors (Lipinski definition) is 0. The number of aromatic nitrogens is 1. The molecule has 0 aliphatic carbocycles. The summed E-state index contributed by atoms with van der Waals surface area (Å²) in [5.41, 5.74) is 4.39. The van der Waals surface area contributed by atoms with E-state index in [2.05, 4.69) is 48.5 Å². The highest BCUT2D eigenvalue weighted by Gasteiger charge is 2.11. The van der Waals surface area contributed by atoms with Gasteiger partial charge in [0.2, 0.25) is 0 Å². The van der Waals surface area contributed by atoms with Crippen molar-refractivity contribution in [2.45, 2.75) is 13.0 Å². The van der Waals surface area contributed by atoms with Crippen LogP contribution in [0.3, 0.4) is 0 Å². The van der Waals surface area contributed by atoms with Crippen molar-refractivity contribution in [1.29, 1.82) is 0 Å². The fourth-order valence-corrected chi connectivity index (χ4v) is 3.35. The first-order chi connectivity index (χ1) is 12.8. The summed E-state index contributed by atoms with van der Waals surface area (Å²) in [5.74, 6) is 0.848. The molecule has 0 spiro atoms. The molecule has 0 saturated heterocycles. The van der Waals surface area contributed by atoms with E-state index in [1.165, 1.54) is 5.56 Å². The maximum absolute atomic E-state index is 5.88. The van der Waals surface area contributed by atoms with Crippen molar-refractivity contribution >= 4 is 21.8 Å². The van der Waals surface area contributed by atoms with E-state index in [-0.39, 0.29) is 6.10 Å². The molecule has 26 heavy (non-hydrogen) atoms. The molecule has 0 aliphatic heterocycles. The number of pyridine rings is 1. The minimum Gasteiger partial charge on any atom is -0.488 e. The van der Waals surface area contributed by atoms with E-state index in [9.17, 15) is 0 Å². The SMILES string of the molecule is COCC(C)Oc1ccc(-c2c3ccccc3nc3ccccc23)cc1. The minimum atomic E-state index is 0.0217. The van der Waals surface area contributed by atoms with Crippen LogP contribution >= 0.6 is 0 Å². The number of benzene rings is 3. The Labute approximate surface area is 153 Å². The van der Waals surface area contributed by atoms with Gasteiger partial charge >= 0.3 is 0 Å². The van der Waals surface area contributed by atoms with Gasteiger partial charge in [-0.1, -0.05) is 48.5 Å². The standard InChI is InChI=1S/C23H21NO2/c1-16(15-25-2)26-18-13-11-17(12-14-18)23-19-7-3-5-9-21(19)24-22-10-6-4-8-20(22)23/h3-14,16H,15H2,1-2H3. The fraction of sp³-hybridized carbons (Fsp3) is 0.174. The van der Waals surface area contributed by atoms with Crippen LogP contribution < -0.4 is 4.74 Å². The van der Waals surface area contributed by atoms with Gasteiger partial charge in [-0.2, -0.15) is 0 Å². The lowest BCUT2D eigenvalue weighted by molar-refractivity contribution is 0.0921. The number of rotatable bonds is 5. The summed E-state index contributed by atoms with van der Waals surface area (Å²) in [7, 11) is 1.68. The van der Waals surface area contributed by atoms with Crippen molar-refractivity contribution < 1.29 is 9.47 Å². The Morgan fingerprint density at radius 1 is 0.808 bits per heavy atom. The third-order valence-corrected chi connectivity index (χ3v) is 4.47. The minimum absolute atomic E-state index is 0.0217. The molecule has 130 valence electrons. The van der Waals surface area contributed by atoms with Crippen LogP contribution in [0.2, 0.25) is 0 Å². The average Bonchev–Trinajstić information content (AvgIpc) is 2.67. The Morgan fingerprint density at radius 3 is 1.96 bits per heavy atom. The average molecular weight is 343 g/mol. The molecule has 0 amide bonds. The van der Waals surface area contributed by atoms with E-state index in [0.717, 1.165) is 33.1 Å². The molecule has 4 aromatic rings. The molecule has 1 unspecified atom stereocenters. The number of para-hydroxylation sites is 2. The van der Waals surface area contributed by atoms with Crippen LogP contribution in [0.4, 0.5) is 0 Å². The van der Waals surface area contributed by atoms with Crippen molar-refractivity contribution in [3.63, 3.8) is 0 Å². The van der Waals surface area contributed by atoms with Gasteiger partial charge in [-0.05, 0) is 36.8 Å². The topological polar surface area (TPSA) is 31.4 Å². The van der Waals surface area contributed by atoms with Crippen molar-refractivity contribution in [2.75, 3.05) is 13.7 Å². The van der Waals surface area contributed by atoms with Crippen LogP contribution in [0.1, 0.15) is 6.92 Å². The summed E-state index contributed by atoms with van der Waals surface area (Å²) in [6.45, 7) is 2.57. The Bertz CT molecular complexity index is 987. The monoisotopic (exact) mass is 343 g/mol. The summed E-state index contributed by atoms with van der Waals surface area (Å²) in [4.78, 5) is 4.80. The molecule has 0 aliphatic rings. The first kappa shape index (κ1) is 16.6. The van der Waals surface area contributed by atoms with Crippen LogP contribution in [0, 0.1) is 0 Å². The summed E-state index contributed by atoms with van der Waals surface area (Å²) in [5, 5.41) is 2.32. The number of hydrogen-bond acceptors (Lipinski definition) is 3. The molecule has 0 bridgehead atoms. The Balaban J connectivity index is 1.82. The Kier molecular flexibility index (Phi) is 4.55. The zero-order valence-electron chi connectivity index (χ0n) is 15.0. The molecular weight excluding hydrogens is 322 g/mol. The van der Waals surface area contributed by atoms with Gasteiger partial charge in [-0.15, -0.1) is 0 Å². The number of ether oxygens (including phenoxy) is 2. The van der Waals surface area contributed by atoms with Crippen LogP contribution in [0.25, 0.3) is 32.9 Å². The third kappa shape index (κ3) is 3.14. The highest BCUT2D eigenvalue weighted by molar-refractivity contribution is 6.09. The van der Waals surface area contributed by atoms with E-state index in [1.807, 2.05) is 31.2 Å². The maximum atomic E-state index is 5.88. The lowest BCUT2D eigenvalue weighted by Crippen LogP contribution is -2.17. The predicted molar refractivity (Wildman–Crippen MR) is 107 cm³/mol. The van der Waals surface area contributed by atoms with E-state index in [0.29, 0.717) is 6.61 Å². The summed E-state index contributed by atoms with van der Waals surface area (Å²) >= 11 is 0. The van der Waals surface area contributed by atoms with Crippen molar-refractivity contribution in [2.24, 2.45) is 0 Å². The van der Waals surface area contributed by atoms with Crippen LogP contribution in [0.15, 0.2) is 72.8 Å². The molecule has 0 saturated carbocycles. The largest absolute Gasteiger partial charge is 0.488 e. The second kappa shape index (κ2) is 7.14. The molecule has 0 radical (unpaired) electrons. The lowest BCUT2D eigenvalue weighted by atomic mass is 9.96. The lowest BCUT2D eigenvalue weighted by Gasteiger charge is -2.15. The van der Waals surface area contributed by atoms with Gasteiger partial charge in [-0.3, -0.25) is 0 Å². The first-order valence-electron chi connectivity index (χ1n) is 8.80. The maximum Gasteiger partial charge on any atom is 0.119 e. The zero-order chi connectivity index (χ0) is 17.9. The quantitative estimate of drug-likeness (QED) is 0.450. The van der Waals surface area contributed by atoms with Gasteiger partial charge in [-0.25, -0.2) is 4.98 Å². The molecule has 1 heterocycles. The molecular formula is C23H21NO2. The number of methoxy groups -OCH3 is 1. The van der Waals surface area contributed by atoms with E-state index in [1.54, 1.807) is 7.11 Å². The second-order valence-electron chi connectivity index (χ2n) is 6.43. The zero-order valence-corrected chi connectivity index (χ0v) is 15.0. The molecule has 4 rings (SSSR count). The summed E-state index contributed by atoms with van der Waals surface area (Å²) in [6.07, 6.45) is 0.0217. The van der Waals surface area contributed by atoms with E-state index in [4.69, 9.17) is 14.5 Å². The Hall–Kier alpha value is -2.91.